The van der Waals surface area contributed by atoms with E-state index >= 15 is 0 Å². The third kappa shape index (κ3) is 26.9. The molecule has 3 nitrogen and oxygen atoms in total. The van der Waals surface area contributed by atoms with E-state index in [1.165, 1.54) is 128 Å². The first-order valence-electron chi connectivity index (χ1n) is 18.8. The first-order chi connectivity index (χ1) is 21.3. The average Bonchev–Trinajstić information content (AvgIpc) is 3.00. The van der Waals surface area contributed by atoms with Crippen LogP contribution in [0.3, 0.4) is 0 Å². The topological polar surface area (TPSA) is 21.7 Å². The van der Waals surface area contributed by atoms with Gasteiger partial charge in [-0.1, -0.05) is 140 Å². The van der Waals surface area contributed by atoms with E-state index in [2.05, 4.69) is 74.4 Å². The fourth-order valence-electron chi connectivity index (χ4n) is 5.71. The molecule has 0 aliphatic carbocycles. The number of likely N-dealkylation sites (N-methyl/N-ethyl adjacent to an activating group) is 1. The van der Waals surface area contributed by atoms with E-state index in [0.29, 0.717) is 0 Å². The van der Waals surface area contributed by atoms with Gasteiger partial charge < -0.3 is 9.47 Å². The van der Waals surface area contributed by atoms with E-state index in [0.717, 1.165) is 45.6 Å². The number of allylic oxidation sites excluding steroid dienone is 8. The molecule has 0 N–H and O–H groups in total. The molecule has 43 heavy (non-hydrogen) atoms. The Hall–Kier alpha value is -1.16. The number of hydrogen-bond donors (Lipinski definition) is 0. The summed E-state index contributed by atoms with van der Waals surface area (Å²) in [5.41, 5.74) is 0. The second-order valence-corrected chi connectivity index (χ2v) is 12.9. The van der Waals surface area contributed by atoms with Crippen LogP contribution in [0.1, 0.15) is 168 Å². The normalized spacial score (nSPS) is 19.0. The highest BCUT2D eigenvalue weighted by molar-refractivity contribution is 4.93. The maximum Gasteiger partial charge on any atom is 0.0993 e. The number of rotatable bonds is 28. The standard InChI is InChI=1S/C40H73NO2/c1-4-6-8-10-12-14-16-18-20-22-24-26-28-30-32-34-39-40(43-38-41(3)36-37-42-39)35-33-31-29-27-25-23-21-19-17-15-13-11-9-7-5-2/h12-15,18-21,39-40H,4-11,16-17,22-38H2,1-3H3/b14-12-,15-13-,20-18-,21-19-. The van der Waals surface area contributed by atoms with E-state index in [-0.39, 0.29) is 12.2 Å². The van der Waals surface area contributed by atoms with Gasteiger partial charge in [-0.2, -0.15) is 0 Å². The van der Waals surface area contributed by atoms with Gasteiger partial charge in [0.2, 0.25) is 0 Å². The second-order valence-electron chi connectivity index (χ2n) is 12.9. The molecule has 1 aliphatic heterocycles. The van der Waals surface area contributed by atoms with Crippen LogP contribution in [0.5, 0.6) is 0 Å². The molecule has 1 rings (SSSR count). The lowest BCUT2D eigenvalue weighted by atomic mass is 9.99. The Morgan fingerprint density at radius 2 is 0.884 bits per heavy atom. The Labute approximate surface area is 269 Å². The lowest BCUT2D eigenvalue weighted by Crippen LogP contribution is -2.40. The maximum absolute atomic E-state index is 6.38. The minimum atomic E-state index is 0.256. The summed E-state index contributed by atoms with van der Waals surface area (Å²) >= 11 is 0. The molecule has 0 amide bonds. The first kappa shape index (κ1) is 39.9. The molecule has 3 heteroatoms. The summed E-state index contributed by atoms with van der Waals surface area (Å²) in [6.45, 7) is 7.08. The minimum Gasteiger partial charge on any atom is -0.374 e. The predicted octanol–water partition coefficient (Wildman–Crippen LogP) is 12.3. The number of unbranched alkanes of at least 4 members (excludes halogenated alkanes) is 16. The molecular formula is C40H73NO2. The third-order valence-corrected chi connectivity index (χ3v) is 8.61. The first-order valence-corrected chi connectivity index (χ1v) is 18.8. The summed E-state index contributed by atoms with van der Waals surface area (Å²) in [6, 6.07) is 0. The van der Waals surface area contributed by atoms with Crippen molar-refractivity contribution in [1.82, 2.24) is 4.90 Å². The third-order valence-electron chi connectivity index (χ3n) is 8.61. The van der Waals surface area contributed by atoms with Crippen LogP contribution in [0.4, 0.5) is 0 Å². The summed E-state index contributed by atoms with van der Waals surface area (Å²) in [4.78, 5) is 2.25. The highest BCUT2D eigenvalue weighted by atomic mass is 16.6. The zero-order valence-corrected chi connectivity index (χ0v) is 29.1. The molecule has 1 saturated heterocycles. The highest BCUT2D eigenvalue weighted by Gasteiger charge is 2.25. The van der Waals surface area contributed by atoms with Crippen LogP contribution in [0.15, 0.2) is 48.6 Å². The van der Waals surface area contributed by atoms with Gasteiger partial charge >= 0.3 is 0 Å². The summed E-state index contributed by atoms with van der Waals surface area (Å²) in [5.74, 6) is 0. The minimum absolute atomic E-state index is 0.256. The van der Waals surface area contributed by atoms with Crippen LogP contribution in [-0.2, 0) is 9.47 Å². The SMILES string of the molecule is CCCCC/C=C\C/C=C\CCCCCCCC1OCCN(C)COC1CCCCCCC/C=C\C/C=C\CCCCC. The van der Waals surface area contributed by atoms with Crippen molar-refractivity contribution >= 4 is 0 Å². The van der Waals surface area contributed by atoms with Crippen molar-refractivity contribution in [2.24, 2.45) is 0 Å². The fourth-order valence-corrected chi connectivity index (χ4v) is 5.71. The van der Waals surface area contributed by atoms with E-state index in [9.17, 15) is 0 Å². The van der Waals surface area contributed by atoms with Crippen LogP contribution >= 0.6 is 0 Å². The van der Waals surface area contributed by atoms with Gasteiger partial charge in [-0.25, -0.2) is 0 Å². The Morgan fingerprint density at radius 1 is 0.488 bits per heavy atom. The van der Waals surface area contributed by atoms with Gasteiger partial charge in [-0.15, -0.1) is 0 Å². The predicted molar refractivity (Wildman–Crippen MR) is 191 cm³/mol. The smallest absolute Gasteiger partial charge is 0.0993 e. The molecule has 0 radical (unpaired) electrons. The Bertz CT molecular complexity index is 682. The Kier molecular flexibility index (Phi) is 29.9. The van der Waals surface area contributed by atoms with Crippen molar-refractivity contribution in [2.45, 2.75) is 180 Å². The van der Waals surface area contributed by atoms with Crippen LogP contribution in [0.25, 0.3) is 0 Å². The van der Waals surface area contributed by atoms with Crippen molar-refractivity contribution in [3.63, 3.8) is 0 Å². The van der Waals surface area contributed by atoms with E-state index in [1.807, 2.05) is 0 Å². The van der Waals surface area contributed by atoms with Crippen LogP contribution in [0.2, 0.25) is 0 Å². The molecule has 0 bridgehead atoms. The molecule has 0 aromatic rings. The average molecular weight is 600 g/mol. The Balaban J connectivity index is 2.11. The quantitative estimate of drug-likeness (QED) is 0.0659. The monoisotopic (exact) mass is 600 g/mol. The summed E-state index contributed by atoms with van der Waals surface area (Å²) in [5, 5.41) is 0. The van der Waals surface area contributed by atoms with Crippen molar-refractivity contribution in [3.05, 3.63) is 48.6 Å². The van der Waals surface area contributed by atoms with Crippen LogP contribution in [-0.4, -0.2) is 44.0 Å². The van der Waals surface area contributed by atoms with Gasteiger partial charge in [0.25, 0.3) is 0 Å². The fraction of sp³-hybridized carbons (Fsp3) is 0.800. The lowest BCUT2D eigenvalue weighted by Gasteiger charge is -2.33. The molecule has 1 heterocycles. The Morgan fingerprint density at radius 3 is 1.35 bits per heavy atom. The maximum atomic E-state index is 6.38. The molecule has 0 aromatic heterocycles. The number of ether oxygens (including phenoxy) is 2. The molecule has 0 saturated carbocycles. The van der Waals surface area contributed by atoms with Gasteiger partial charge in [0.05, 0.1) is 25.5 Å². The largest absolute Gasteiger partial charge is 0.374 e. The van der Waals surface area contributed by atoms with Crippen molar-refractivity contribution in [1.29, 1.82) is 0 Å². The van der Waals surface area contributed by atoms with E-state index < -0.39 is 0 Å². The molecule has 0 spiro atoms. The molecule has 2 unspecified atom stereocenters. The van der Waals surface area contributed by atoms with Gasteiger partial charge in [-0.05, 0) is 84.1 Å². The zero-order chi connectivity index (χ0) is 30.9. The summed E-state index contributed by atoms with van der Waals surface area (Å²) < 4.78 is 12.7. The highest BCUT2D eigenvalue weighted by Crippen LogP contribution is 2.21. The van der Waals surface area contributed by atoms with E-state index in [1.54, 1.807) is 0 Å². The molecule has 0 aromatic carbocycles. The van der Waals surface area contributed by atoms with Gasteiger partial charge in [0.1, 0.15) is 0 Å². The van der Waals surface area contributed by atoms with Crippen molar-refractivity contribution < 1.29 is 9.47 Å². The molecular weight excluding hydrogens is 526 g/mol. The van der Waals surface area contributed by atoms with Gasteiger partial charge in [0, 0.05) is 6.54 Å². The molecule has 250 valence electrons. The summed E-state index contributed by atoms with van der Waals surface area (Å²) in [6.07, 6.45) is 50.0. The van der Waals surface area contributed by atoms with Crippen molar-refractivity contribution in [2.75, 3.05) is 26.9 Å². The van der Waals surface area contributed by atoms with Gasteiger partial charge in [-0.3, -0.25) is 4.90 Å². The number of hydrogen-bond acceptors (Lipinski definition) is 3. The van der Waals surface area contributed by atoms with Gasteiger partial charge in [0.15, 0.2) is 0 Å². The van der Waals surface area contributed by atoms with Crippen LogP contribution in [0, 0.1) is 0 Å². The number of nitrogens with zero attached hydrogens (tertiary/aromatic N) is 1. The summed E-state index contributed by atoms with van der Waals surface area (Å²) in [7, 11) is 2.14. The van der Waals surface area contributed by atoms with E-state index in [4.69, 9.17) is 9.47 Å². The molecule has 1 aliphatic rings. The molecule has 2 atom stereocenters. The lowest BCUT2D eigenvalue weighted by molar-refractivity contribution is -0.131. The van der Waals surface area contributed by atoms with Crippen molar-refractivity contribution in [3.8, 4) is 0 Å². The molecule has 1 fully saturated rings. The van der Waals surface area contributed by atoms with Crippen LogP contribution < -0.4 is 0 Å². The zero-order valence-electron chi connectivity index (χ0n) is 29.1. The second kappa shape index (κ2) is 32.2.